The van der Waals surface area contributed by atoms with Crippen LogP contribution in [0.3, 0.4) is 0 Å². The third-order valence-corrected chi connectivity index (χ3v) is 4.86. The fraction of sp³-hybridized carbons (Fsp3) is 0.455. The van der Waals surface area contributed by atoms with E-state index in [-0.39, 0.29) is 16.6 Å². The van der Waals surface area contributed by atoms with E-state index in [0.29, 0.717) is 19.6 Å². The van der Waals surface area contributed by atoms with E-state index < -0.39 is 14.9 Å². The number of hydrogen-bond donors (Lipinski definition) is 1. The number of nitrogens with zero attached hydrogens (tertiary/aromatic N) is 2. The van der Waals surface area contributed by atoms with E-state index in [4.69, 9.17) is 0 Å². The Hall–Kier alpha value is -1.51. The van der Waals surface area contributed by atoms with Gasteiger partial charge in [0.1, 0.15) is 0 Å². The largest absolute Gasteiger partial charge is 0.312 e. The van der Waals surface area contributed by atoms with Gasteiger partial charge in [-0.15, -0.1) is 0 Å². The molecule has 7 nitrogen and oxygen atoms in total. The molecule has 1 unspecified atom stereocenters. The predicted molar refractivity (Wildman–Crippen MR) is 69.3 cm³/mol. The number of nitro benzene ring substituents is 1. The highest BCUT2D eigenvalue weighted by Gasteiger charge is 2.29. The van der Waals surface area contributed by atoms with Crippen molar-refractivity contribution in [1.29, 1.82) is 0 Å². The number of rotatable bonds is 3. The molecular formula is C11H15N3O4S. The van der Waals surface area contributed by atoms with Crippen molar-refractivity contribution in [2.45, 2.75) is 17.9 Å². The quantitative estimate of drug-likeness (QED) is 0.647. The minimum absolute atomic E-state index is 0.0317. The minimum Gasteiger partial charge on any atom is -0.312 e. The van der Waals surface area contributed by atoms with Crippen LogP contribution in [0, 0.1) is 10.1 Å². The first-order chi connectivity index (χ1) is 8.91. The molecule has 0 aromatic heterocycles. The van der Waals surface area contributed by atoms with Crippen molar-refractivity contribution in [2.24, 2.45) is 0 Å². The summed E-state index contributed by atoms with van der Waals surface area (Å²) in [5.41, 5.74) is -0.218. The number of non-ortho nitro benzene ring substituents is 1. The highest BCUT2D eigenvalue weighted by molar-refractivity contribution is 7.89. The zero-order chi connectivity index (χ0) is 14.0. The second kappa shape index (κ2) is 5.24. The molecule has 0 radical (unpaired) electrons. The van der Waals surface area contributed by atoms with E-state index in [1.807, 2.05) is 6.92 Å². The second-order valence-electron chi connectivity index (χ2n) is 4.47. The normalized spacial score (nSPS) is 21.2. The molecule has 0 bridgehead atoms. The van der Waals surface area contributed by atoms with E-state index in [9.17, 15) is 18.5 Å². The Morgan fingerprint density at radius 2 is 2.21 bits per heavy atom. The standard InChI is InChI=1S/C11H15N3O4S/c1-9-8-13(6-5-12-9)19(17,18)11-4-2-3-10(7-11)14(15)16/h2-4,7,9,12H,5-6,8H2,1H3. The molecule has 1 aromatic rings. The molecule has 1 aliphatic heterocycles. The molecule has 0 aliphatic carbocycles. The summed E-state index contributed by atoms with van der Waals surface area (Å²) < 4.78 is 26.1. The topological polar surface area (TPSA) is 92.5 Å². The lowest BCUT2D eigenvalue weighted by atomic mass is 10.3. The van der Waals surface area contributed by atoms with Crippen LogP contribution in [0.5, 0.6) is 0 Å². The highest BCUT2D eigenvalue weighted by Crippen LogP contribution is 2.21. The summed E-state index contributed by atoms with van der Waals surface area (Å²) in [6.07, 6.45) is 0. The second-order valence-corrected chi connectivity index (χ2v) is 6.41. The van der Waals surface area contributed by atoms with Gasteiger partial charge in [-0.25, -0.2) is 8.42 Å². The summed E-state index contributed by atoms with van der Waals surface area (Å²) in [5, 5.41) is 13.8. The Bertz CT molecular complexity index is 587. The fourth-order valence-corrected chi connectivity index (χ4v) is 3.59. The van der Waals surface area contributed by atoms with Crippen LogP contribution in [0.1, 0.15) is 6.92 Å². The average Bonchev–Trinajstić information content (AvgIpc) is 2.39. The molecule has 1 N–H and O–H groups in total. The summed E-state index contributed by atoms with van der Waals surface area (Å²) in [6, 6.07) is 5.22. The molecule has 2 rings (SSSR count). The lowest BCUT2D eigenvalue weighted by Crippen LogP contribution is -2.51. The molecule has 0 saturated carbocycles. The first kappa shape index (κ1) is 13.9. The van der Waals surface area contributed by atoms with Crippen LogP contribution in [-0.2, 0) is 10.0 Å². The Balaban J connectivity index is 2.33. The van der Waals surface area contributed by atoms with Crippen LogP contribution in [0.4, 0.5) is 5.69 Å². The molecule has 0 spiro atoms. The zero-order valence-electron chi connectivity index (χ0n) is 10.4. The van der Waals surface area contributed by atoms with Crippen LogP contribution in [0.15, 0.2) is 29.2 Å². The Morgan fingerprint density at radius 3 is 2.84 bits per heavy atom. The monoisotopic (exact) mass is 285 g/mol. The maximum absolute atomic E-state index is 12.4. The summed E-state index contributed by atoms with van der Waals surface area (Å²) in [4.78, 5) is 10.1. The molecule has 19 heavy (non-hydrogen) atoms. The van der Waals surface area contributed by atoms with Gasteiger partial charge in [0.25, 0.3) is 5.69 Å². The van der Waals surface area contributed by atoms with Crippen molar-refractivity contribution in [2.75, 3.05) is 19.6 Å². The van der Waals surface area contributed by atoms with Gasteiger partial charge >= 0.3 is 0 Å². The van der Waals surface area contributed by atoms with Gasteiger partial charge in [-0.1, -0.05) is 6.07 Å². The van der Waals surface area contributed by atoms with Crippen molar-refractivity contribution < 1.29 is 13.3 Å². The molecule has 0 amide bonds. The van der Waals surface area contributed by atoms with E-state index in [0.717, 1.165) is 6.07 Å². The number of nitro groups is 1. The summed E-state index contributed by atoms with van der Waals surface area (Å²) >= 11 is 0. The van der Waals surface area contributed by atoms with E-state index >= 15 is 0 Å². The summed E-state index contributed by atoms with van der Waals surface area (Å²) in [5.74, 6) is 0. The molecular weight excluding hydrogens is 270 g/mol. The lowest BCUT2D eigenvalue weighted by molar-refractivity contribution is -0.385. The van der Waals surface area contributed by atoms with Crippen molar-refractivity contribution in [3.63, 3.8) is 0 Å². The van der Waals surface area contributed by atoms with Crippen LogP contribution in [0.2, 0.25) is 0 Å². The molecule has 1 aromatic carbocycles. The third-order valence-electron chi connectivity index (χ3n) is 3.00. The predicted octanol–water partition coefficient (Wildman–Crippen LogP) is 0.577. The summed E-state index contributed by atoms with van der Waals surface area (Å²) in [6.45, 7) is 3.21. The molecule has 1 atom stereocenters. The van der Waals surface area contributed by atoms with Gasteiger partial charge in [0, 0.05) is 37.8 Å². The number of benzene rings is 1. The first-order valence-electron chi connectivity index (χ1n) is 5.89. The SMILES string of the molecule is CC1CN(S(=O)(=O)c2cccc([N+](=O)[O-])c2)CCN1. The van der Waals surface area contributed by atoms with Gasteiger partial charge in [-0.05, 0) is 13.0 Å². The number of sulfonamides is 1. The lowest BCUT2D eigenvalue weighted by Gasteiger charge is -2.30. The highest BCUT2D eigenvalue weighted by atomic mass is 32.2. The van der Waals surface area contributed by atoms with E-state index in [1.165, 1.54) is 22.5 Å². The molecule has 8 heteroatoms. The molecule has 1 heterocycles. The van der Waals surface area contributed by atoms with Crippen molar-refractivity contribution in [3.05, 3.63) is 34.4 Å². The van der Waals surface area contributed by atoms with Gasteiger partial charge in [0.05, 0.1) is 9.82 Å². The van der Waals surface area contributed by atoms with Crippen LogP contribution < -0.4 is 5.32 Å². The molecule has 1 saturated heterocycles. The van der Waals surface area contributed by atoms with Crippen molar-refractivity contribution in [3.8, 4) is 0 Å². The van der Waals surface area contributed by atoms with Gasteiger partial charge in [-0.2, -0.15) is 4.31 Å². The van der Waals surface area contributed by atoms with Gasteiger partial charge < -0.3 is 5.32 Å². The maximum Gasteiger partial charge on any atom is 0.270 e. The Kier molecular flexibility index (Phi) is 3.83. The number of nitrogens with one attached hydrogen (secondary N) is 1. The maximum atomic E-state index is 12.4. The Morgan fingerprint density at radius 1 is 1.47 bits per heavy atom. The summed E-state index contributed by atoms with van der Waals surface area (Å²) in [7, 11) is -3.66. The molecule has 104 valence electrons. The number of hydrogen-bond acceptors (Lipinski definition) is 5. The zero-order valence-corrected chi connectivity index (χ0v) is 11.3. The smallest absolute Gasteiger partial charge is 0.270 e. The fourth-order valence-electron chi connectivity index (χ4n) is 2.02. The van der Waals surface area contributed by atoms with Gasteiger partial charge in [0.15, 0.2) is 0 Å². The minimum atomic E-state index is -3.66. The van der Waals surface area contributed by atoms with E-state index in [2.05, 4.69) is 5.32 Å². The molecule has 1 fully saturated rings. The van der Waals surface area contributed by atoms with Crippen molar-refractivity contribution in [1.82, 2.24) is 9.62 Å². The van der Waals surface area contributed by atoms with Crippen molar-refractivity contribution >= 4 is 15.7 Å². The molecule has 1 aliphatic rings. The number of piperazine rings is 1. The van der Waals surface area contributed by atoms with Gasteiger partial charge in [-0.3, -0.25) is 10.1 Å². The van der Waals surface area contributed by atoms with E-state index in [1.54, 1.807) is 0 Å². The van der Waals surface area contributed by atoms with Crippen LogP contribution in [-0.4, -0.2) is 43.3 Å². The Labute approximate surface area is 111 Å². The van der Waals surface area contributed by atoms with Crippen LogP contribution >= 0.6 is 0 Å². The first-order valence-corrected chi connectivity index (χ1v) is 7.33. The van der Waals surface area contributed by atoms with Crippen LogP contribution in [0.25, 0.3) is 0 Å². The average molecular weight is 285 g/mol. The van der Waals surface area contributed by atoms with Gasteiger partial charge in [0.2, 0.25) is 10.0 Å². The third kappa shape index (κ3) is 2.91.